The van der Waals surface area contributed by atoms with Crippen LogP contribution < -0.4 is 5.73 Å². The van der Waals surface area contributed by atoms with Gasteiger partial charge in [0.15, 0.2) is 0 Å². The van der Waals surface area contributed by atoms with Gasteiger partial charge in [-0.2, -0.15) is 0 Å². The van der Waals surface area contributed by atoms with Crippen LogP contribution in [0.2, 0.25) is 0 Å². The minimum atomic E-state index is -0.932. The van der Waals surface area contributed by atoms with Crippen LogP contribution >= 0.6 is 15.9 Å². The highest BCUT2D eigenvalue weighted by Crippen LogP contribution is 2.23. The largest absolute Gasteiger partial charge is 0.460 e. The maximum atomic E-state index is 12.0. The van der Waals surface area contributed by atoms with Crippen LogP contribution in [0.25, 0.3) is 0 Å². The first-order chi connectivity index (χ1) is 12.3. The zero-order valence-corrected chi connectivity index (χ0v) is 14.9. The zero-order valence-electron chi connectivity index (χ0n) is 13.3. The van der Waals surface area contributed by atoms with E-state index in [0.29, 0.717) is 0 Å². The number of hydrogen-bond donors (Lipinski definition) is 1. The summed E-state index contributed by atoms with van der Waals surface area (Å²) < 4.78 is 5.89. The predicted molar refractivity (Wildman–Crippen MR) is 95.4 cm³/mol. The predicted octanol–water partition coefficient (Wildman–Crippen LogP) is 2.88. The van der Waals surface area contributed by atoms with Gasteiger partial charge in [0, 0.05) is 22.2 Å². The molecular formula is C16H14BrN3O6. The molecule has 0 amide bonds. The Morgan fingerprint density at radius 3 is 2.23 bits per heavy atom. The lowest BCUT2D eigenvalue weighted by Gasteiger charge is -2.12. The van der Waals surface area contributed by atoms with Gasteiger partial charge in [-0.05, 0) is 24.1 Å². The third-order valence-electron chi connectivity index (χ3n) is 3.41. The maximum absolute atomic E-state index is 12.0. The Bertz CT molecular complexity index is 825. The smallest absolute Gasteiger partial charge is 0.323 e. The molecule has 2 aromatic rings. The molecule has 2 rings (SSSR count). The van der Waals surface area contributed by atoms with E-state index in [9.17, 15) is 25.0 Å². The van der Waals surface area contributed by atoms with Gasteiger partial charge in [-0.15, -0.1) is 0 Å². The molecule has 0 aromatic heterocycles. The molecular weight excluding hydrogens is 410 g/mol. The van der Waals surface area contributed by atoms with Gasteiger partial charge in [-0.3, -0.25) is 25.0 Å². The molecule has 0 aliphatic rings. The molecule has 0 aliphatic heterocycles. The van der Waals surface area contributed by atoms with Crippen LogP contribution in [-0.4, -0.2) is 21.9 Å². The molecule has 0 unspecified atom stereocenters. The summed E-state index contributed by atoms with van der Waals surface area (Å²) in [6.45, 7) is -0.354. The van der Waals surface area contributed by atoms with E-state index in [-0.39, 0.29) is 18.6 Å². The standard InChI is InChI=1S/C16H14BrN3O6/c17-12-3-1-2-10(4-12)7-15(18)16(21)26-9-11-5-13(19(22)23)8-14(6-11)20(24)25/h1-6,8,15H,7,9,18H2/t15-/m0/s1. The number of halogens is 1. The van der Waals surface area contributed by atoms with Crippen LogP contribution in [0, 0.1) is 20.2 Å². The lowest BCUT2D eigenvalue weighted by atomic mass is 10.1. The van der Waals surface area contributed by atoms with Crippen LogP contribution in [0.4, 0.5) is 11.4 Å². The van der Waals surface area contributed by atoms with Crippen LogP contribution in [0.5, 0.6) is 0 Å². The third kappa shape index (κ3) is 5.33. The van der Waals surface area contributed by atoms with Crippen LogP contribution in [0.15, 0.2) is 46.9 Å². The topological polar surface area (TPSA) is 139 Å². The van der Waals surface area contributed by atoms with Crippen molar-refractivity contribution in [3.05, 3.63) is 78.3 Å². The molecule has 2 N–H and O–H groups in total. The molecule has 0 bridgehead atoms. The van der Waals surface area contributed by atoms with Crippen LogP contribution in [0.1, 0.15) is 11.1 Å². The first-order valence-corrected chi connectivity index (χ1v) is 8.15. The summed E-state index contributed by atoms with van der Waals surface area (Å²) in [4.78, 5) is 32.2. The lowest BCUT2D eigenvalue weighted by Crippen LogP contribution is -2.34. The van der Waals surface area contributed by atoms with Gasteiger partial charge in [-0.25, -0.2) is 0 Å². The third-order valence-corrected chi connectivity index (χ3v) is 3.91. The van der Waals surface area contributed by atoms with E-state index in [0.717, 1.165) is 28.2 Å². The Morgan fingerprint density at radius 1 is 1.08 bits per heavy atom. The van der Waals surface area contributed by atoms with Crippen molar-refractivity contribution in [2.45, 2.75) is 19.1 Å². The van der Waals surface area contributed by atoms with Crippen molar-refractivity contribution in [3.8, 4) is 0 Å². The summed E-state index contributed by atoms with van der Waals surface area (Å²) >= 11 is 3.32. The number of nitro groups is 2. The second-order valence-electron chi connectivity index (χ2n) is 5.42. The molecule has 0 fully saturated rings. The minimum absolute atomic E-state index is 0.133. The summed E-state index contributed by atoms with van der Waals surface area (Å²) in [5.74, 6) is -0.709. The summed E-state index contributed by atoms with van der Waals surface area (Å²) in [7, 11) is 0. The Morgan fingerprint density at radius 2 is 1.69 bits per heavy atom. The summed E-state index contributed by atoms with van der Waals surface area (Å²) in [6, 6.07) is 9.39. The molecule has 0 aliphatic carbocycles. The Hall–Kier alpha value is -2.85. The van der Waals surface area contributed by atoms with E-state index in [2.05, 4.69) is 15.9 Å². The summed E-state index contributed by atoms with van der Waals surface area (Å²) in [5.41, 5.74) is 5.87. The number of hydrogen-bond acceptors (Lipinski definition) is 7. The highest BCUT2D eigenvalue weighted by molar-refractivity contribution is 9.10. The molecule has 0 radical (unpaired) electrons. The fraction of sp³-hybridized carbons (Fsp3) is 0.188. The number of ether oxygens (including phenoxy) is 1. The molecule has 0 saturated heterocycles. The SMILES string of the molecule is N[C@@H](Cc1cccc(Br)c1)C(=O)OCc1cc([N+](=O)[O-])cc([N+](=O)[O-])c1. The quantitative estimate of drug-likeness (QED) is 0.410. The molecule has 2 aromatic carbocycles. The Labute approximate surface area is 156 Å². The molecule has 10 heteroatoms. The summed E-state index contributed by atoms with van der Waals surface area (Å²) in [5, 5.41) is 21.7. The average Bonchev–Trinajstić information content (AvgIpc) is 2.59. The van der Waals surface area contributed by atoms with Crippen molar-refractivity contribution in [1.29, 1.82) is 0 Å². The van der Waals surface area contributed by atoms with Gasteiger partial charge in [0.25, 0.3) is 11.4 Å². The van der Waals surface area contributed by atoms with Gasteiger partial charge >= 0.3 is 5.97 Å². The van der Waals surface area contributed by atoms with Crippen molar-refractivity contribution >= 4 is 33.3 Å². The number of non-ortho nitro benzene ring substituents is 2. The van der Waals surface area contributed by atoms with E-state index >= 15 is 0 Å². The van der Waals surface area contributed by atoms with Gasteiger partial charge in [0.05, 0.1) is 15.9 Å². The Balaban J connectivity index is 2.04. The zero-order chi connectivity index (χ0) is 19.3. The lowest BCUT2D eigenvalue weighted by molar-refractivity contribution is -0.394. The number of esters is 1. The van der Waals surface area contributed by atoms with E-state index in [1.165, 1.54) is 0 Å². The second kappa shape index (κ2) is 8.50. The number of nitro benzene ring substituents is 2. The van der Waals surface area contributed by atoms with Gasteiger partial charge in [-0.1, -0.05) is 28.1 Å². The van der Waals surface area contributed by atoms with E-state index in [1.54, 1.807) is 6.07 Å². The maximum Gasteiger partial charge on any atom is 0.323 e. The molecule has 136 valence electrons. The summed E-state index contributed by atoms with van der Waals surface area (Å²) in [6.07, 6.45) is 0.243. The average molecular weight is 424 g/mol. The molecule has 26 heavy (non-hydrogen) atoms. The normalized spacial score (nSPS) is 11.6. The first kappa shape index (κ1) is 19.5. The van der Waals surface area contributed by atoms with E-state index < -0.39 is 33.2 Å². The fourth-order valence-electron chi connectivity index (χ4n) is 2.21. The highest BCUT2D eigenvalue weighted by atomic mass is 79.9. The van der Waals surface area contributed by atoms with Crippen LogP contribution in [0.3, 0.4) is 0 Å². The van der Waals surface area contributed by atoms with Crippen molar-refractivity contribution in [2.75, 3.05) is 0 Å². The highest BCUT2D eigenvalue weighted by Gasteiger charge is 2.19. The molecule has 9 nitrogen and oxygen atoms in total. The number of carbonyl (C=O) groups excluding carboxylic acids is 1. The van der Waals surface area contributed by atoms with Crippen LogP contribution in [-0.2, 0) is 22.6 Å². The molecule has 0 spiro atoms. The van der Waals surface area contributed by atoms with Crippen molar-refractivity contribution < 1.29 is 19.4 Å². The van der Waals surface area contributed by atoms with Crippen molar-refractivity contribution in [3.63, 3.8) is 0 Å². The fourth-order valence-corrected chi connectivity index (χ4v) is 2.66. The number of carbonyl (C=O) groups is 1. The number of benzene rings is 2. The molecule has 0 saturated carbocycles. The second-order valence-corrected chi connectivity index (χ2v) is 6.34. The molecule has 1 atom stereocenters. The minimum Gasteiger partial charge on any atom is -0.460 e. The Kier molecular flexibility index (Phi) is 6.36. The van der Waals surface area contributed by atoms with E-state index in [4.69, 9.17) is 10.5 Å². The van der Waals surface area contributed by atoms with Gasteiger partial charge in [0.2, 0.25) is 0 Å². The number of nitrogens with zero attached hydrogens (tertiary/aromatic N) is 2. The molecule has 0 heterocycles. The van der Waals surface area contributed by atoms with Gasteiger partial charge < -0.3 is 10.5 Å². The number of nitrogens with two attached hydrogens (primary N) is 1. The van der Waals surface area contributed by atoms with Crippen molar-refractivity contribution in [2.24, 2.45) is 5.73 Å². The monoisotopic (exact) mass is 423 g/mol. The van der Waals surface area contributed by atoms with Gasteiger partial charge in [0.1, 0.15) is 12.6 Å². The van der Waals surface area contributed by atoms with Crippen molar-refractivity contribution in [1.82, 2.24) is 0 Å². The number of rotatable bonds is 7. The first-order valence-electron chi connectivity index (χ1n) is 7.35. The van der Waals surface area contributed by atoms with E-state index in [1.807, 2.05) is 18.2 Å².